The van der Waals surface area contributed by atoms with Crippen LogP contribution in [-0.2, 0) is 6.18 Å². The van der Waals surface area contributed by atoms with Crippen LogP contribution in [-0.4, -0.2) is 9.97 Å². The van der Waals surface area contributed by atoms with Crippen LogP contribution >= 0.6 is 22.7 Å². The summed E-state index contributed by atoms with van der Waals surface area (Å²) in [6.07, 6.45) is -2.77. The predicted molar refractivity (Wildman–Crippen MR) is 62.3 cm³/mol. The smallest absolute Gasteiger partial charge is 0.360 e. The second-order valence-electron chi connectivity index (χ2n) is 3.39. The van der Waals surface area contributed by atoms with Gasteiger partial charge in [-0.25, -0.2) is 4.98 Å². The van der Waals surface area contributed by atoms with Crippen molar-refractivity contribution in [3.05, 3.63) is 28.0 Å². The lowest BCUT2D eigenvalue weighted by Crippen LogP contribution is -2.03. The highest BCUT2D eigenvalue weighted by Crippen LogP contribution is 2.42. The standard InChI is InChI=1S/C10H5F3N2S2/c11-10(12,13)9-7(15-4-17-9)5-3-14-6-1-2-16-8(5)6/h1-4,14H. The second kappa shape index (κ2) is 3.58. The summed E-state index contributed by atoms with van der Waals surface area (Å²) in [5, 5.41) is 1.84. The molecule has 0 fully saturated rings. The van der Waals surface area contributed by atoms with E-state index in [1.807, 2.05) is 11.4 Å². The predicted octanol–water partition coefficient (Wildman–Crippen LogP) is 4.37. The first-order chi connectivity index (χ1) is 8.07. The van der Waals surface area contributed by atoms with Gasteiger partial charge < -0.3 is 4.98 Å². The summed E-state index contributed by atoms with van der Waals surface area (Å²) in [7, 11) is 0. The monoisotopic (exact) mass is 274 g/mol. The summed E-state index contributed by atoms with van der Waals surface area (Å²) in [6, 6.07) is 1.84. The van der Waals surface area contributed by atoms with Crippen LogP contribution in [0.2, 0.25) is 0 Å². The number of alkyl halides is 3. The molecule has 0 saturated carbocycles. The number of hydrogen-bond donors (Lipinski definition) is 1. The minimum Gasteiger partial charge on any atom is -0.360 e. The number of rotatable bonds is 1. The molecule has 7 heteroatoms. The Balaban J connectivity index is 2.24. The third kappa shape index (κ3) is 1.66. The molecular weight excluding hydrogens is 269 g/mol. The lowest BCUT2D eigenvalue weighted by molar-refractivity contribution is -0.134. The topological polar surface area (TPSA) is 28.7 Å². The molecule has 2 nitrogen and oxygen atoms in total. The number of nitrogens with one attached hydrogen (secondary N) is 1. The lowest BCUT2D eigenvalue weighted by Gasteiger charge is -2.04. The van der Waals surface area contributed by atoms with Crippen LogP contribution in [0.3, 0.4) is 0 Å². The molecule has 3 rings (SSSR count). The van der Waals surface area contributed by atoms with Crippen molar-refractivity contribution in [2.75, 3.05) is 0 Å². The fourth-order valence-electron chi connectivity index (χ4n) is 1.66. The van der Waals surface area contributed by atoms with Crippen LogP contribution in [0.1, 0.15) is 4.88 Å². The molecule has 0 saturated heterocycles. The fourth-order valence-corrected chi connectivity index (χ4v) is 3.21. The first kappa shape index (κ1) is 10.8. The van der Waals surface area contributed by atoms with E-state index in [9.17, 15) is 13.2 Å². The Kier molecular flexibility index (Phi) is 2.27. The molecule has 0 amide bonds. The average molecular weight is 274 g/mol. The van der Waals surface area contributed by atoms with Gasteiger partial charge in [-0.2, -0.15) is 13.2 Å². The normalized spacial score (nSPS) is 12.4. The van der Waals surface area contributed by atoms with Gasteiger partial charge in [-0.15, -0.1) is 22.7 Å². The molecule has 88 valence electrons. The number of fused-ring (bicyclic) bond motifs is 1. The first-order valence-corrected chi connectivity index (χ1v) is 6.39. The molecular formula is C10H5F3N2S2. The molecule has 0 aliphatic heterocycles. The van der Waals surface area contributed by atoms with Gasteiger partial charge >= 0.3 is 6.18 Å². The van der Waals surface area contributed by atoms with Crippen molar-refractivity contribution in [1.29, 1.82) is 0 Å². The minimum atomic E-state index is -4.35. The highest BCUT2D eigenvalue weighted by molar-refractivity contribution is 7.17. The van der Waals surface area contributed by atoms with Crippen molar-refractivity contribution in [2.45, 2.75) is 6.18 Å². The van der Waals surface area contributed by atoms with E-state index < -0.39 is 11.1 Å². The molecule has 0 bridgehead atoms. The third-order valence-electron chi connectivity index (χ3n) is 2.36. The van der Waals surface area contributed by atoms with Crippen molar-refractivity contribution in [2.24, 2.45) is 0 Å². The molecule has 17 heavy (non-hydrogen) atoms. The van der Waals surface area contributed by atoms with Gasteiger partial charge in [0.15, 0.2) is 0 Å². The fraction of sp³-hybridized carbons (Fsp3) is 0.100. The van der Waals surface area contributed by atoms with Crippen LogP contribution in [0.4, 0.5) is 13.2 Å². The maximum Gasteiger partial charge on any atom is 0.427 e. The Labute approximate surface area is 102 Å². The van der Waals surface area contributed by atoms with Crippen LogP contribution in [0.15, 0.2) is 23.2 Å². The third-order valence-corrected chi connectivity index (χ3v) is 4.18. The van der Waals surface area contributed by atoms with Crippen molar-refractivity contribution in [1.82, 2.24) is 9.97 Å². The van der Waals surface area contributed by atoms with Crippen LogP contribution in [0.25, 0.3) is 21.5 Å². The van der Waals surface area contributed by atoms with Crippen molar-refractivity contribution in [3.8, 4) is 11.3 Å². The van der Waals surface area contributed by atoms with Crippen molar-refractivity contribution >= 4 is 32.9 Å². The number of thiazole rings is 1. The number of hydrogen-bond acceptors (Lipinski definition) is 3. The molecule has 0 atom stereocenters. The van der Waals surface area contributed by atoms with Gasteiger partial charge in [0.2, 0.25) is 0 Å². The van der Waals surface area contributed by atoms with Crippen LogP contribution < -0.4 is 0 Å². The summed E-state index contributed by atoms with van der Waals surface area (Å²) in [5.74, 6) is 0. The molecule has 0 aliphatic carbocycles. The van der Waals surface area contributed by atoms with Gasteiger partial charge in [0.05, 0.1) is 21.4 Å². The lowest BCUT2D eigenvalue weighted by atomic mass is 10.2. The van der Waals surface area contributed by atoms with Gasteiger partial charge in [0.1, 0.15) is 4.88 Å². The largest absolute Gasteiger partial charge is 0.427 e. The first-order valence-electron chi connectivity index (χ1n) is 4.63. The zero-order valence-electron chi connectivity index (χ0n) is 8.21. The number of nitrogens with zero attached hydrogens (tertiary/aromatic N) is 1. The highest BCUT2D eigenvalue weighted by Gasteiger charge is 2.36. The van der Waals surface area contributed by atoms with E-state index in [4.69, 9.17) is 0 Å². The molecule has 3 aromatic heterocycles. The number of aromatic amines is 1. The molecule has 0 radical (unpaired) electrons. The molecule has 3 heterocycles. The molecule has 0 aliphatic rings. The SMILES string of the molecule is FC(F)(F)c1scnc1-c1c[nH]c2ccsc12. The Morgan fingerprint density at radius 1 is 1.24 bits per heavy atom. The Morgan fingerprint density at radius 3 is 2.82 bits per heavy atom. The van der Waals surface area contributed by atoms with Gasteiger partial charge in [-0.1, -0.05) is 0 Å². The summed E-state index contributed by atoms with van der Waals surface area (Å²) < 4.78 is 39.1. The number of thiophene rings is 1. The second-order valence-corrected chi connectivity index (χ2v) is 5.16. The molecule has 3 aromatic rings. The van der Waals surface area contributed by atoms with Gasteiger partial charge in [0, 0.05) is 11.8 Å². The van der Waals surface area contributed by atoms with Crippen molar-refractivity contribution in [3.63, 3.8) is 0 Å². The molecule has 0 spiro atoms. The average Bonchev–Trinajstić information content (AvgIpc) is 2.90. The Morgan fingerprint density at radius 2 is 2.06 bits per heavy atom. The quantitative estimate of drug-likeness (QED) is 0.701. The van der Waals surface area contributed by atoms with E-state index in [-0.39, 0.29) is 5.69 Å². The summed E-state index contributed by atoms with van der Waals surface area (Å²) in [5.41, 5.74) is 2.59. The van der Waals surface area contributed by atoms with Gasteiger partial charge in [0.25, 0.3) is 0 Å². The minimum absolute atomic E-state index is 0.0104. The van der Waals surface area contributed by atoms with E-state index in [0.717, 1.165) is 10.2 Å². The zero-order valence-corrected chi connectivity index (χ0v) is 9.84. The van der Waals surface area contributed by atoms with Crippen molar-refractivity contribution < 1.29 is 13.2 Å². The molecule has 1 N–H and O–H groups in total. The van der Waals surface area contributed by atoms with Crippen LogP contribution in [0.5, 0.6) is 0 Å². The maximum atomic E-state index is 12.8. The van der Waals surface area contributed by atoms with Gasteiger partial charge in [-0.3, -0.25) is 0 Å². The summed E-state index contributed by atoms with van der Waals surface area (Å²) >= 11 is 2.02. The maximum absolute atomic E-state index is 12.8. The summed E-state index contributed by atoms with van der Waals surface area (Å²) in [6.45, 7) is 0. The Hall–Kier alpha value is -1.34. The van der Waals surface area contributed by atoms with E-state index >= 15 is 0 Å². The number of H-pyrrole nitrogens is 1. The Bertz CT molecular complexity index is 662. The highest BCUT2D eigenvalue weighted by atomic mass is 32.1. The van der Waals surface area contributed by atoms with E-state index in [1.165, 1.54) is 16.8 Å². The zero-order chi connectivity index (χ0) is 12.0. The van der Waals surface area contributed by atoms with E-state index in [0.29, 0.717) is 16.9 Å². The molecule has 0 unspecified atom stereocenters. The van der Waals surface area contributed by atoms with E-state index in [2.05, 4.69) is 9.97 Å². The number of aromatic nitrogens is 2. The van der Waals surface area contributed by atoms with Crippen LogP contribution in [0, 0.1) is 0 Å². The molecule has 0 aromatic carbocycles. The van der Waals surface area contributed by atoms with Gasteiger partial charge in [-0.05, 0) is 11.4 Å². The number of halogens is 3. The van der Waals surface area contributed by atoms with E-state index in [1.54, 1.807) is 6.20 Å². The summed E-state index contributed by atoms with van der Waals surface area (Å²) in [4.78, 5) is 6.14.